The van der Waals surface area contributed by atoms with Crippen LogP contribution in [0.25, 0.3) is 10.3 Å². The second-order valence-electron chi connectivity index (χ2n) is 8.52. The zero-order valence-corrected chi connectivity index (χ0v) is 18.0. The molecular weight excluding hydrogens is 417 g/mol. The van der Waals surface area contributed by atoms with Gasteiger partial charge in [-0.3, -0.25) is 0 Å². The van der Waals surface area contributed by atoms with Crippen LogP contribution in [-0.4, -0.2) is 61.0 Å². The highest BCUT2D eigenvalue weighted by Crippen LogP contribution is 2.35. The van der Waals surface area contributed by atoms with Gasteiger partial charge in [0.15, 0.2) is 0 Å². The average Bonchev–Trinajstić information content (AvgIpc) is 3.15. The third-order valence-electron chi connectivity index (χ3n) is 6.14. The van der Waals surface area contributed by atoms with Crippen LogP contribution in [0.15, 0.2) is 23.7 Å². The van der Waals surface area contributed by atoms with Gasteiger partial charge in [0.1, 0.15) is 28.5 Å². The zero-order valence-electron chi connectivity index (χ0n) is 17.2. The minimum atomic E-state index is -0.209. The third kappa shape index (κ3) is 3.60. The number of fused-ring (bicyclic) bond motifs is 4. The number of aryl methyl sites for hydroxylation is 1. The molecule has 6 rings (SSSR count). The predicted molar refractivity (Wildman–Crippen MR) is 119 cm³/mol. The quantitative estimate of drug-likeness (QED) is 0.648. The number of hydrogen-bond donors (Lipinski definition) is 2. The van der Waals surface area contributed by atoms with Gasteiger partial charge in [0, 0.05) is 61.5 Å². The summed E-state index contributed by atoms with van der Waals surface area (Å²) in [6, 6.07) is 3.60. The van der Waals surface area contributed by atoms with Crippen molar-refractivity contribution < 1.29 is 13.9 Å². The van der Waals surface area contributed by atoms with E-state index in [9.17, 15) is 0 Å². The van der Waals surface area contributed by atoms with Crippen LogP contribution >= 0.6 is 11.3 Å². The summed E-state index contributed by atoms with van der Waals surface area (Å²) in [5, 5.41) is 8.89. The van der Waals surface area contributed by atoms with Gasteiger partial charge >= 0.3 is 0 Å². The average molecular weight is 442 g/mol. The molecule has 5 heterocycles. The number of nitrogens with zero attached hydrogens (tertiary/aromatic N) is 3. The first-order valence-electron chi connectivity index (χ1n) is 10.7. The summed E-state index contributed by atoms with van der Waals surface area (Å²) in [6.07, 6.45) is 2.63. The number of nitrogens with one attached hydrogen (secondary N) is 2. The molecular formula is C22H24FN5O2S. The van der Waals surface area contributed by atoms with Gasteiger partial charge < -0.3 is 25.0 Å². The second-order valence-corrected chi connectivity index (χ2v) is 9.38. The number of aromatic nitrogens is 2. The molecule has 2 aromatic heterocycles. The van der Waals surface area contributed by atoms with Gasteiger partial charge in [-0.15, -0.1) is 11.3 Å². The van der Waals surface area contributed by atoms with Crippen LogP contribution in [0.5, 0.6) is 5.75 Å². The minimum absolute atomic E-state index is 0.0254. The molecule has 162 valence electrons. The lowest BCUT2D eigenvalue weighted by molar-refractivity contribution is -0.0484. The highest BCUT2D eigenvalue weighted by Gasteiger charge is 2.32. The standard InChI is InChI=1S/C22H24FN5O2S/c1-12-5-25-21-19(11-31-22(21)26-12)27-13-2-17-18(23)3-14(4-20(17)29-10-13)28-8-15-6-24-7-16(9-28)30-15/h3-5,11,13,15-16,24,27H,2,6-10H2,1H3/t13-,15?,16?/m1/s1. The molecule has 2 fully saturated rings. The van der Waals surface area contributed by atoms with Crippen LogP contribution in [-0.2, 0) is 11.2 Å². The summed E-state index contributed by atoms with van der Waals surface area (Å²) in [5.74, 6) is 0.438. The number of anilines is 2. The molecule has 0 saturated carbocycles. The fourth-order valence-corrected chi connectivity index (χ4v) is 5.56. The van der Waals surface area contributed by atoms with Gasteiger partial charge in [0.05, 0.1) is 29.6 Å². The van der Waals surface area contributed by atoms with E-state index in [1.165, 1.54) is 0 Å². The van der Waals surface area contributed by atoms with E-state index in [4.69, 9.17) is 9.47 Å². The van der Waals surface area contributed by atoms with Crippen molar-refractivity contribution in [2.75, 3.05) is 43.0 Å². The minimum Gasteiger partial charge on any atom is -0.491 e. The molecule has 2 N–H and O–H groups in total. The van der Waals surface area contributed by atoms with Gasteiger partial charge in [-0.05, 0) is 13.0 Å². The SMILES string of the molecule is Cc1cnc2c(N[C@H]3COc4cc(N5CC6CNCC(C5)O6)cc(F)c4C3)csc2n1. The van der Waals surface area contributed by atoms with Crippen molar-refractivity contribution in [3.8, 4) is 5.75 Å². The molecule has 3 aliphatic rings. The largest absolute Gasteiger partial charge is 0.491 e. The van der Waals surface area contributed by atoms with Crippen LogP contribution < -0.4 is 20.3 Å². The van der Waals surface area contributed by atoms with Gasteiger partial charge in [0.25, 0.3) is 0 Å². The second kappa shape index (κ2) is 7.58. The smallest absolute Gasteiger partial charge is 0.144 e. The summed E-state index contributed by atoms with van der Waals surface area (Å²) in [6.45, 7) is 5.61. The first-order chi connectivity index (χ1) is 15.1. The van der Waals surface area contributed by atoms with Crippen LogP contribution in [0.4, 0.5) is 15.8 Å². The molecule has 0 amide bonds. The van der Waals surface area contributed by atoms with E-state index in [2.05, 4.69) is 25.5 Å². The Morgan fingerprint density at radius 3 is 2.94 bits per heavy atom. The Bertz CT molecular complexity index is 1130. The maximum atomic E-state index is 15.1. The molecule has 7 nitrogen and oxygen atoms in total. The first kappa shape index (κ1) is 19.2. The van der Waals surface area contributed by atoms with Crippen molar-refractivity contribution in [1.29, 1.82) is 0 Å². The molecule has 2 saturated heterocycles. The van der Waals surface area contributed by atoms with E-state index in [-0.39, 0.29) is 24.1 Å². The van der Waals surface area contributed by atoms with Gasteiger partial charge in [-0.1, -0.05) is 0 Å². The van der Waals surface area contributed by atoms with Gasteiger partial charge in [-0.25, -0.2) is 14.4 Å². The Hall–Kier alpha value is -2.49. The molecule has 0 radical (unpaired) electrons. The summed E-state index contributed by atoms with van der Waals surface area (Å²) in [7, 11) is 0. The van der Waals surface area contributed by atoms with Crippen molar-refractivity contribution in [3.63, 3.8) is 0 Å². The Kier molecular flexibility index (Phi) is 4.70. The predicted octanol–water partition coefficient (Wildman–Crippen LogP) is 2.73. The number of rotatable bonds is 3. The molecule has 31 heavy (non-hydrogen) atoms. The van der Waals surface area contributed by atoms with Crippen LogP contribution in [0.2, 0.25) is 0 Å². The van der Waals surface area contributed by atoms with Crippen LogP contribution in [0, 0.1) is 12.7 Å². The lowest BCUT2D eigenvalue weighted by Crippen LogP contribution is -2.58. The van der Waals surface area contributed by atoms with Crippen molar-refractivity contribution in [2.45, 2.75) is 31.6 Å². The van der Waals surface area contributed by atoms with E-state index in [0.29, 0.717) is 24.3 Å². The summed E-state index contributed by atoms with van der Waals surface area (Å²) in [5.41, 5.74) is 4.18. The highest BCUT2D eigenvalue weighted by molar-refractivity contribution is 7.17. The van der Waals surface area contributed by atoms with E-state index in [1.54, 1.807) is 23.6 Å². The number of ether oxygens (including phenoxy) is 2. The highest BCUT2D eigenvalue weighted by atomic mass is 32.1. The molecule has 2 bridgehead atoms. The Morgan fingerprint density at radius 1 is 1.26 bits per heavy atom. The summed E-state index contributed by atoms with van der Waals surface area (Å²) in [4.78, 5) is 12.1. The van der Waals surface area contributed by atoms with E-state index in [1.807, 2.05) is 18.4 Å². The lowest BCUT2D eigenvalue weighted by Gasteiger charge is -2.43. The van der Waals surface area contributed by atoms with Crippen LogP contribution in [0.3, 0.4) is 0 Å². The van der Waals surface area contributed by atoms with Gasteiger partial charge in [-0.2, -0.15) is 0 Å². The molecule has 3 aromatic rings. The zero-order chi connectivity index (χ0) is 20.9. The first-order valence-corrected chi connectivity index (χ1v) is 11.5. The summed E-state index contributed by atoms with van der Waals surface area (Å²) >= 11 is 1.56. The number of halogens is 1. The molecule has 3 aliphatic heterocycles. The van der Waals surface area contributed by atoms with Gasteiger partial charge in [0.2, 0.25) is 0 Å². The fraction of sp³-hybridized carbons (Fsp3) is 0.455. The van der Waals surface area contributed by atoms with E-state index in [0.717, 1.165) is 53.6 Å². The van der Waals surface area contributed by atoms with E-state index < -0.39 is 0 Å². The van der Waals surface area contributed by atoms with Crippen molar-refractivity contribution in [2.24, 2.45) is 0 Å². The Balaban J connectivity index is 1.21. The van der Waals surface area contributed by atoms with Crippen LogP contribution in [0.1, 0.15) is 11.3 Å². The Morgan fingerprint density at radius 2 is 2.10 bits per heavy atom. The Labute approximate surface area is 183 Å². The number of morpholine rings is 2. The monoisotopic (exact) mass is 441 g/mol. The maximum Gasteiger partial charge on any atom is 0.144 e. The maximum absolute atomic E-state index is 15.1. The molecule has 1 aromatic carbocycles. The van der Waals surface area contributed by atoms with Crippen molar-refractivity contribution in [1.82, 2.24) is 15.3 Å². The molecule has 3 atom stereocenters. The number of benzene rings is 1. The number of thiophene rings is 1. The lowest BCUT2D eigenvalue weighted by atomic mass is 10.0. The molecule has 0 spiro atoms. The topological polar surface area (TPSA) is 71.5 Å². The van der Waals surface area contributed by atoms with Crippen molar-refractivity contribution >= 4 is 33.1 Å². The fourth-order valence-electron chi connectivity index (χ4n) is 4.68. The third-order valence-corrected chi connectivity index (χ3v) is 7.00. The van der Waals surface area contributed by atoms with E-state index >= 15 is 4.39 Å². The normalized spacial score (nSPS) is 25.2. The number of hydrogen-bond acceptors (Lipinski definition) is 8. The van der Waals surface area contributed by atoms with Crippen molar-refractivity contribution in [3.05, 3.63) is 40.8 Å². The summed E-state index contributed by atoms with van der Waals surface area (Å²) < 4.78 is 27.1. The molecule has 9 heteroatoms. The molecule has 0 aliphatic carbocycles. The molecule has 2 unspecified atom stereocenters.